The Kier molecular flexibility index (Phi) is 3.90. The third-order valence-corrected chi connectivity index (χ3v) is 2.74. The van der Waals surface area contributed by atoms with Crippen LogP contribution < -0.4 is 0 Å². The van der Waals surface area contributed by atoms with Crippen LogP contribution in [0.3, 0.4) is 0 Å². The second kappa shape index (κ2) is 5.61. The van der Waals surface area contributed by atoms with E-state index in [9.17, 15) is 13.6 Å². The van der Waals surface area contributed by atoms with Crippen LogP contribution in [0.25, 0.3) is 0 Å². The number of halogens is 2. The molecular weight excluding hydrogens is 250 g/mol. The molecule has 2 aromatic carbocycles. The maximum absolute atomic E-state index is 13.4. The van der Waals surface area contributed by atoms with Gasteiger partial charge in [-0.2, -0.15) is 0 Å². The van der Waals surface area contributed by atoms with Crippen molar-refractivity contribution in [3.63, 3.8) is 0 Å². The number of Topliss-reactive ketones (excluding diaryl/α,β-unsaturated/α-hetero) is 1. The van der Waals surface area contributed by atoms with E-state index in [0.717, 1.165) is 17.7 Å². The van der Waals surface area contributed by atoms with E-state index >= 15 is 0 Å². The molecule has 2 aromatic rings. The number of benzene rings is 2. The number of ketones is 1. The summed E-state index contributed by atoms with van der Waals surface area (Å²) in [6, 6.07) is 9.42. The fourth-order valence-corrected chi connectivity index (χ4v) is 1.78. The standard InChI is InChI=1S/C15H12F2O2/c16-12-4-3-11(15(17)9-12)8-14(19)7-10-1-5-13(18)6-2-10/h1-6,9,18H,7-8H2. The van der Waals surface area contributed by atoms with Gasteiger partial charge in [0.2, 0.25) is 0 Å². The first-order chi connectivity index (χ1) is 9.04. The van der Waals surface area contributed by atoms with Gasteiger partial charge in [-0.15, -0.1) is 0 Å². The third kappa shape index (κ3) is 3.61. The summed E-state index contributed by atoms with van der Waals surface area (Å²) in [4.78, 5) is 11.8. The van der Waals surface area contributed by atoms with Crippen molar-refractivity contribution in [2.24, 2.45) is 0 Å². The average molecular weight is 262 g/mol. The number of aromatic hydroxyl groups is 1. The van der Waals surface area contributed by atoms with Crippen LogP contribution in [0.5, 0.6) is 5.75 Å². The van der Waals surface area contributed by atoms with Crippen LogP contribution in [-0.4, -0.2) is 10.9 Å². The molecule has 0 heterocycles. The smallest absolute Gasteiger partial charge is 0.141 e. The first kappa shape index (κ1) is 13.2. The van der Waals surface area contributed by atoms with E-state index in [-0.39, 0.29) is 29.9 Å². The Labute approximate surface area is 109 Å². The maximum atomic E-state index is 13.4. The van der Waals surface area contributed by atoms with Crippen molar-refractivity contribution in [2.45, 2.75) is 12.8 Å². The van der Waals surface area contributed by atoms with Gasteiger partial charge in [-0.3, -0.25) is 4.79 Å². The Morgan fingerprint density at radius 1 is 1.00 bits per heavy atom. The molecule has 0 amide bonds. The fourth-order valence-electron chi connectivity index (χ4n) is 1.78. The summed E-state index contributed by atoms with van der Waals surface area (Å²) in [7, 11) is 0. The van der Waals surface area contributed by atoms with E-state index in [0.29, 0.717) is 0 Å². The molecule has 0 fully saturated rings. The van der Waals surface area contributed by atoms with Crippen molar-refractivity contribution in [1.82, 2.24) is 0 Å². The fraction of sp³-hybridized carbons (Fsp3) is 0.133. The predicted octanol–water partition coefficient (Wildman–Crippen LogP) is 3.02. The van der Waals surface area contributed by atoms with Crippen LogP contribution in [-0.2, 0) is 17.6 Å². The van der Waals surface area contributed by atoms with Gasteiger partial charge < -0.3 is 5.11 Å². The number of phenols is 1. The summed E-state index contributed by atoms with van der Waals surface area (Å²) < 4.78 is 26.1. The summed E-state index contributed by atoms with van der Waals surface area (Å²) in [6.07, 6.45) is 0.0735. The van der Waals surface area contributed by atoms with Crippen LogP contribution in [0.1, 0.15) is 11.1 Å². The maximum Gasteiger partial charge on any atom is 0.141 e. The molecular formula is C15H12F2O2. The lowest BCUT2D eigenvalue weighted by Crippen LogP contribution is -2.08. The van der Waals surface area contributed by atoms with Crippen LogP contribution in [0.2, 0.25) is 0 Å². The van der Waals surface area contributed by atoms with E-state index in [4.69, 9.17) is 5.11 Å². The van der Waals surface area contributed by atoms with E-state index in [1.807, 2.05) is 0 Å². The van der Waals surface area contributed by atoms with Crippen molar-refractivity contribution in [2.75, 3.05) is 0 Å². The topological polar surface area (TPSA) is 37.3 Å². The zero-order chi connectivity index (χ0) is 13.8. The van der Waals surface area contributed by atoms with Crippen LogP contribution in [0.4, 0.5) is 8.78 Å². The predicted molar refractivity (Wildman–Crippen MR) is 66.9 cm³/mol. The van der Waals surface area contributed by atoms with Crippen LogP contribution in [0.15, 0.2) is 42.5 Å². The van der Waals surface area contributed by atoms with E-state index in [1.54, 1.807) is 12.1 Å². The highest BCUT2D eigenvalue weighted by Gasteiger charge is 2.10. The Hall–Kier alpha value is -2.23. The van der Waals surface area contributed by atoms with Crippen molar-refractivity contribution in [3.05, 3.63) is 65.2 Å². The lowest BCUT2D eigenvalue weighted by Gasteiger charge is -2.04. The molecule has 0 bridgehead atoms. The number of carbonyl (C=O) groups excluding carboxylic acids is 1. The quantitative estimate of drug-likeness (QED) is 0.919. The molecule has 0 radical (unpaired) electrons. The van der Waals surface area contributed by atoms with E-state index < -0.39 is 11.6 Å². The Bertz CT molecular complexity index is 592. The number of hydrogen-bond donors (Lipinski definition) is 1. The minimum atomic E-state index is -0.709. The number of phenolic OH excluding ortho intramolecular Hbond substituents is 1. The Morgan fingerprint density at radius 3 is 2.32 bits per heavy atom. The minimum absolute atomic E-state index is 0.0764. The molecule has 0 spiro atoms. The monoisotopic (exact) mass is 262 g/mol. The zero-order valence-electron chi connectivity index (χ0n) is 10.1. The van der Waals surface area contributed by atoms with Crippen LogP contribution >= 0.6 is 0 Å². The molecule has 1 N–H and O–H groups in total. The molecule has 0 saturated heterocycles. The summed E-state index contributed by atoms with van der Waals surface area (Å²) in [5.74, 6) is -1.41. The molecule has 0 saturated carbocycles. The normalized spacial score (nSPS) is 10.4. The molecule has 2 rings (SSSR count). The molecule has 2 nitrogen and oxygen atoms in total. The lowest BCUT2D eigenvalue weighted by atomic mass is 10.0. The van der Waals surface area contributed by atoms with Gasteiger partial charge in [-0.25, -0.2) is 8.78 Å². The second-order valence-corrected chi connectivity index (χ2v) is 4.29. The van der Waals surface area contributed by atoms with Crippen molar-refractivity contribution in [3.8, 4) is 5.75 Å². The van der Waals surface area contributed by atoms with Gasteiger partial charge in [0.25, 0.3) is 0 Å². The highest BCUT2D eigenvalue weighted by Crippen LogP contribution is 2.13. The van der Waals surface area contributed by atoms with Crippen LogP contribution in [0, 0.1) is 11.6 Å². The summed E-state index contributed by atoms with van der Waals surface area (Å²) >= 11 is 0. The average Bonchev–Trinajstić information content (AvgIpc) is 2.36. The molecule has 0 atom stereocenters. The molecule has 0 unspecified atom stereocenters. The number of hydrogen-bond acceptors (Lipinski definition) is 2. The Balaban J connectivity index is 2.03. The van der Waals surface area contributed by atoms with Gasteiger partial charge in [-0.05, 0) is 29.3 Å². The van der Waals surface area contributed by atoms with Crippen molar-refractivity contribution in [1.29, 1.82) is 0 Å². The first-order valence-corrected chi connectivity index (χ1v) is 5.78. The van der Waals surface area contributed by atoms with E-state index in [2.05, 4.69) is 0 Å². The SMILES string of the molecule is O=C(Cc1ccc(O)cc1)Cc1ccc(F)cc1F. The molecule has 19 heavy (non-hydrogen) atoms. The Morgan fingerprint density at radius 2 is 1.68 bits per heavy atom. The molecule has 0 aliphatic heterocycles. The van der Waals surface area contributed by atoms with E-state index in [1.165, 1.54) is 18.2 Å². The van der Waals surface area contributed by atoms with Crippen molar-refractivity contribution >= 4 is 5.78 Å². The van der Waals surface area contributed by atoms with Gasteiger partial charge in [0.15, 0.2) is 0 Å². The summed E-state index contributed by atoms with van der Waals surface area (Å²) in [6.45, 7) is 0. The van der Waals surface area contributed by atoms with Gasteiger partial charge in [0.05, 0.1) is 0 Å². The molecule has 98 valence electrons. The zero-order valence-corrected chi connectivity index (χ0v) is 10.1. The molecule has 0 aliphatic rings. The minimum Gasteiger partial charge on any atom is -0.508 e. The van der Waals surface area contributed by atoms with Gasteiger partial charge >= 0.3 is 0 Å². The summed E-state index contributed by atoms with van der Waals surface area (Å²) in [5.41, 5.74) is 0.926. The molecule has 4 heteroatoms. The van der Waals surface area contributed by atoms with Gasteiger partial charge in [0, 0.05) is 18.9 Å². The molecule has 0 aromatic heterocycles. The third-order valence-electron chi connectivity index (χ3n) is 2.74. The highest BCUT2D eigenvalue weighted by atomic mass is 19.1. The van der Waals surface area contributed by atoms with Gasteiger partial charge in [0.1, 0.15) is 23.2 Å². The number of carbonyl (C=O) groups is 1. The van der Waals surface area contributed by atoms with Gasteiger partial charge in [-0.1, -0.05) is 18.2 Å². The molecule has 0 aliphatic carbocycles. The van der Waals surface area contributed by atoms with Crippen molar-refractivity contribution < 1.29 is 18.7 Å². The highest BCUT2D eigenvalue weighted by molar-refractivity contribution is 5.83. The second-order valence-electron chi connectivity index (χ2n) is 4.29. The first-order valence-electron chi connectivity index (χ1n) is 5.78. The largest absolute Gasteiger partial charge is 0.508 e. The lowest BCUT2D eigenvalue weighted by molar-refractivity contribution is -0.117. The summed E-state index contributed by atoms with van der Waals surface area (Å²) in [5, 5.41) is 9.12. The number of rotatable bonds is 4.